The van der Waals surface area contributed by atoms with Crippen molar-refractivity contribution in [2.24, 2.45) is 0 Å². The number of nitrogens with one attached hydrogen (secondary N) is 1. The summed E-state index contributed by atoms with van der Waals surface area (Å²) in [6.07, 6.45) is 7.02. The number of likely N-dealkylation sites (tertiary alicyclic amines) is 1. The Morgan fingerprint density at radius 1 is 1.13 bits per heavy atom. The standard InChI is InChI=1S/C17H23N5O/c23-13-14-5-2-4-11-22(14)12-10-20-17-19-9-7-16(21-17)15-6-1-3-8-18-15/h1,3,6-9,14,23H,2,4-5,10-13H2,(H,19,20,21)/t14-/m0/s1. The van der Waals surface area contributed by atoms with Crippen LogP contribution in [0.4, 0.5) is 5.95 Å². The van der Waals surface area contributed by atoms with Crippen LogP contribution in [0.2, 0.25) is 0 Å². The van der Waals surface area contributed by atoms with Crippen LogP contribution in [0.25, 0.3) is 11.4 Å². The predicted octanol–water partition coefficient (Wildman–Crippen LogP) is 1.80. The smallest absolute Gasteiger partial charge is 0.223 e. The molecule has 6 heteroatoms. The fraction of sp³-hybridized carbons (Fsp3) is 0.471. The fourth-order valence-electron chi connectivity index (χ4n) is 2.97. The SMILES string of the molecule is OC[C@@H]1CCCCN1CCNc1nccc(-c2ccccn2)n1. The van der Waals surface area contributed by atoms with Crippen molar-refractivity contribution in [3.63, 3.8) is 0 Å². The maximum absolute atomic E-state index is 9.45. The molecule has 6 nitrogen and oxygen atoms in total. The van der Waals surface area contributed by atoms with Crippen LogP contribution in [-0.2, 0) is 0 Å². The van der Waals surface area contributed by atoms with Crippen molar-refractivity contribution in [2.75, 3.05) is 31.6 Å². The number of piperidine rings is 1. The lowest BCUT2D eigenvalue weighted by Crippen LogP contribution is -2.44. The van der Waals surface area contributed by atoms with E-state index in [1.165, 1.54) is 12.8 Å². The van der Waals surface area contributed by atoms with Crippen LogP contribution >= 0.6 is 0 Å². The predicted molar refractivity (Wildman–Crippen MR) is 90.1 cm³/mol. The average Bonchev–Trinajstić information content (AvgIpc) is 2.63. The summed E-state index contributed by atoms with van der Waals surface area (Å²) in [4.78, 5) is 15.4. The van der Waals surface area contributed by atoms with Gasteiger partial charge in [-0.05, 0) is 37.6 Å². The second kappa shape index (κ2) is 7.99. The highest BCUT2D eigenvalue weighted by molar-refractivity contribution is 5.54. The zero-order chi connectivity index (χ0) is 15.9. The molecule has 1 aliphatic rings. The number of anilines is 1. The van der Waals surface area contributed by atoms with Crippen LogP contribution in [0.3, 0.4) is 0 Å². The molecule has 0 saturated carbocycles. The molecule has 23 heavy (non-hydrogen) atoms. The first kappa shape index (κ1) is 15.8. The van der Waals surface area contributed by atoms with Crippen molar-refractivity contribution in [2.45, 2.75) is 25.3 Å². The summed E-state index contributed by atoms with van der Waals surface area (Å²) in [5.41, 5.74) is 1.66. The van der Waals surface area contributed by atoms with E-state index in [2.05, 4.69) is 25.2 Å². The van der Waals surface area contributed by atoms with Crippen molar-refractivity contribution in [3.8, 4) is 11.4 Å². The topological polar surface area (TPSA) is 74.2 Å². The first-order chi connectivity index (χ1) is 11.4. The molecule has 0 radical (unpaired) electrons. The Labute approximate surface area is 136 Å². The Morgan fingerprint density at radius 2 is 2.09 bits per heavy atom. The second-order valence-corrected chi connectivity index (χ2v) is 5.78. The van der Waals surface area contributed by atoms with E-state index in [0.717, 1.165) is 37.4 Å². The van der Waals surface area contributed by atoms with E-state index in [-0.39, 0.29) is 6.61 Å². The van der Waals surface area contributed by atoms with Crippen LogP contribution in [0.15, 0.2) is 36.7 Å². The Kier molecular flexibility index (Phi) is 5.50. The Morgan fingerprint density at radius 3 is 2.91 bits per heavy atom. The van der Waals surface area contributed by atoms with Gasteiger partial charge in [0.15, 0.2) is 0 Å². The van der Waals surface area contributed by atoms with Gasteiger partial charge >= 0.3 is 0 Å². The lowest BCUT2D eigenvalue weighted by atomic mass is 10.0. The molecule has 3 rings (SSSR count). The van der Waals surface area contributed by atoms with Crippen molar-refractivity contribution in [3.05, 3.63) is 36.7 Å². The summed E-state index contributed by atoms with van der Waals surface area (Å²) >= 11 is 0. The van der Waals surface area contributed by atoms with Gasteiger partial charge in [0.2, 0.25) is 5.95 Å². The van der Waals surface area contributed by atoms with Gasteiger partial charge in [-0.15, -0.1) is 0 Å². The van der Waals surface area contributed by atoms with Crippen LogP contribution in [0, 0.1) is 0 Å². The normalized spacial score (nSPS) is 18.7. The summed E-state index contributed by atoms with van der Waals surface area (Å²) in [6.45, 7) is 2.96. The summed E-state index contributed by atoms with van der Waals surface area (Å²) in [6, 6.07) is 7.93. The van der Waals surface area contributed by atoms with Crippen molar-refractivity contribution >= 4 is 5.95 Å². The zero-order valence-electron chi connectivity index (χ0n) is 13.2. The third-order valence-electron chi connectivity index (χ3n) is 4.22. The monoisotopic (exact) mass is 313 g/mol. The van der Waals surface area contributed by atoms with Crippen LogP contribution in [-0.4, -0.2) is 57.2 Å². The van der Waals surface area contributed by atoms with E-state index in [4.69, 9.17) is 0 Å². The molecule has 0 aliphatic carbocycles. The van der Waals surface area contributed by atoms with Gasteiger partial charge in [0.25, 0.3) is 0 Å². The Bertz CT molecular complexity index is 607. The maximum atomic E-state index is 9.45. The first-order valence-electron chi connectivity index (χ1n) is 8.20. The van der Waals surface area contributed by atoms with Gasteiger partial charge in [0.05, 0.1) is 18.0 Å². The fourth-order valence-corrected chi connectivity index (χ4v) is 2.97. The number of rotatable bonds is 6. The third kappa shape index (κ3) is 4.24. The van der Waals surface area contributed by atoms with Gasteiger partial charge in [-0.3, -0.25) is 9.88 Å². The van der Waals surface area contributed by atoms with Crippen molar-refractivity contribution in [1.29, 1.82) is 0 Å². The molecule has 0 spiro atoms. The second-order valence-electron chi connectivity index (χ2n) is 5.78. The summed E-state index contributed by atoms with van der Waals surface area (Å²) in [5, 5.41) is 12.7. The number of aromatic nitrogens is 3. The molecule has 1 aliphatic heterocycles. The largest absolute Gasteiger partial charge is 0.395 e. The number of aliphatic hydroxyl groups excluding tert-OH is 1. The molecule has 1 saturated heterocycles. The molecular formula is C17H23N5O. The number of aliphatic hydroxyl groups is 1. The number of nitrogens with zero attached hydrogens (tertiary/aromatic N) is 4. The highest BCUT2D eigenvalue weighted by atomic mass is 16.3. The molecule has 122 valence electrons. The molecule has 1 atom stereocenters. The van der Waals surface area contributed by atoms with E-state index in [1.807, 2.05) is 24.3 Å². The molecule has 2 aromatic rings. The lowest BCUT2D eigenvalue weighted by Gasteiger charge is -2.34. The summed E-state index contributed by atoms with van der Waals surface area (Å²) in [7, 11) is 0. The lowest BCUT2D eigenvalue weighted by molar-refractivity contribution is 0.0940. The first-order valence-corrected chi connectivity index (χ1v) is 8.20. The van der Waals surface area contributed by atoms with Gasteiger partial charge in [0, 0.05) is 31.5 Å². The van der Waals surface area contributed by atoms with E-state index in [9.17, 15) is 5.11 Å². The minimum absolute atomic E-state index is 0.242. The zero-order valence-corrected chi connectivity index (χ0v) is 13.2. The minimum Gasteiger partial charge on any atom is -0.395 e. The Hall–Kier alpha value is -2.05. The molecular weight excluding hydrogens is 290 g/mol. The Balaban J connectivity index is 1.56. The highest BCUT2D eigenvalue weighted by Crippen LogP contribution is 2.16. The molecule has 1 fully saturated rings. The summed E-state index contributed by atoms with van der Waals surface area (Å²) in [5.74, 6) is 0.616. The molecule has 3 heterocycles. The van der Waals surface area contributed by atoms with E-state index < -0.39 is 0 Å². The average molecular weight is 313 g/mol. The van der Waals surface area contributed by atoms with Crippen molar-refractivity contribution < 1.29 is 5.11 Å². The number of pyridine rings is 1. The molecule has 0 bridgehead atoms. The van der Waals surface area contributed by atoms with E-state index in [1.54, 1.807) is 12.4 Å². The van der Waals surface area contributed by atoms with Gasteiger partial charge in [-0.25, -0.2) is 9.97 Å². The van der Waals surface area contributed by atoms with E-state index in [0.29, 0.717) is 12.0 Å². The molecule has 2 aromatic heterocycles. The van der Waals surface area contributed by atoms with Crippen LogP contribution in [0.1, 0.15) is 19.3 Å². The van der Waals surface area contributed by atoms with Gasteiger partial charge in [-0.1, -0.05) is 12.5 Å². The summed E-state index contributed by atoms with van der Waals surface area (Å²) < 4.78 is 0. The maximum Gasteiger partial charge on any atom is 0.223 e. The third-order valence-corrected chi connectivity index (χ3v) is 4.22. The number of hydrogen-bond donors (Lipinski definition) is 2. The quantitative estimate of drug-likeness (QED) is 0.847. The number of hydrogen-bond acceptors (Lipinski definition) is 6. The molecule has 0 aromatic carbocycles. The van der Waals surface area contributed by atoms with Gasteiger partial charge < -0.3 is 10.4 Å². The van der Waals surface area contributed by atoms with Crippen molar-refractivity contribution in [1.82, 2.24) is 19.9 Å². The van der Waals surface area contributed by atoms with Gasteiger partial charge in [-0.2, -0.15) is 0 Å². The highest BCUT2D eigenvalue weighted by Gasteiger charge is 2.20. The molecule has 2 N–H and O–H groups in total. The van der Waals surface area contributed by atoms with Gasteiger partial charge in [0.1, 0.15) is 0 Å². The minimum atomic E-state index is 0.242. The van der Waals surface area contributed by atoms with E-state index >= 15 is 0 Å². The van der Waals surface area contributed by atoms with Crippen LogP contribution in [0.5, 0.6) is 0 Å². The van der Waals surface area contributed by atoms with Crippen LogP contribution < -0.4 is 5.32 Å². The molecule has 0 amide bonds. The molecule has 0 unspecified atom stereocenters.